The van der Waals surface area contributed by atoms with Crippen molar-refractivity contribution in [2.24, 2.45) is 5.92 Å². The fraction of sp³-hybridized carbons (Fsp3) is 0.526. The number of imidazole rings is 1. The van der Waals surface area contributed by atoms with Gasteiger partial charge in [0.2, 0.25) is 0 Å². The second-order valence-electron chi connectivity index (χ2n) is 13.7. The minimum absolute atomic E-state index is 0.00738. The van der Waals surface area contributed by atoms with Gasteiger partial charge in [-0.3, -0.25) is 9.47 Å². The van der Waals surface area contributed by atoms with Gasteiger partial charge in [-0.15, -0.1) is 0 Å². The largest absolute Gasteiger partial charge is 0.394 e. The van der Waals surface area contributed by atoms with E-state index in [-0.39, 0.29) is 18.5 Å². The molecule has 2 amide bonds. The van der Waals surface area contributed by atoms with Crippen LogP contribution < -0.4 is 10.6 Å². The first-order valence-corrected chi connectivity index (χ1v) is 18.1. The van der Waals surface area contributed by atoms with E-state index in [1.54, 1.807) is 11.9 Å². The Kier molecular flexibility index (Phi) is 13.4. The Bertz CT molecular complexity index is 1630. The minimum atomic E-state index is -1.32. The molecular formula is C38H54N8O5. The van der Waals surface area contributed by atoms with Gasteiger partial charge in [-0.1, -0.05) is 88.4 Å². The van der Waals surface area contributed by atoms with Gasteiger partial charge in [-0.2, -0.15) is 0 Å². The van der Waals surface area contributed by atoms with Gasteiger partial charge < -0.3 is 35.6 Å². The summed E-state index contributed by atoms with van der Waals surface area (Å²) in [5, 5.41) is 37.5. The van der Waals surface area contributed by atoms with Crippen LogP contribution in [0.5, 0.6) is 0 Å². The number of rotatable bonds is 17. The summed E-state index contributed by atoms with van der Waals surface area (Å²) in [6, 6.07) is 20.6. The van der Waals surface area contributed by atoms with Crippen LogP contribution in [0.15, 0.2) is 67.0 Å². The number of carbonyl (C=O) groups excluding carboxylic acids is 1. The van der Waals surface area contributed by atoms with Crippen molar-refractivity contribution in [2.75, 3.05) is 45.2 Å². The summed E-state index contributed by atoms with van der Waals surface area (Å²) in [5.41, 5.74) is 3.05. The maximum Gasteiger partial charge on any atom is 0.317 e. The van der Waals surface area contributed by atoms with E-state index in [1.165, 1.54) is 10.9 Å². The highest BCUT2D eigenvalue weighted by Gasteiger charge is 2.44. The fourth-order valence-electron chi connectivity index (χ4n) is 6.82. The molecule has 1 aliphatic rings. The van der Waals surface area contributed by atoms with Crippen LogP contribution in [0.2, 0.25) is 0 Å². The average molecular weight is 703 g/mol. The van der Waals surface area contributed by atoms with Crippen molar-refractivity contribution in [1.29, 1.82) is 0 Å². The van der Waals surface area contributed by atoms with Gasteiger partial charge >= 0.3 is 6.03 Å². The smallest absolute Gasteiger partial charge is 0.317 e. The molecule has 3 heterocycles. The van der Waals surface area contributed by atoms with E-state index in [4.69, 9.17) is 14.7 Å². The lowest BCUT2D eigenvalue weighted by molar-refractivity contribution is -0.0511. The number of nitrogens with one attached hydrogen (secondary N) is 2. The van der Waals surface area contributed by atoms with E-state index in [0.717, 1.165) is 37.1 Å². The topological polar surface area (TPSA) is 161 Å². The van der Waals surface area contributed by atoms with E-state index in [9.17, 15) is 20.1 Å². The predicted molar refractivity (Wildman–Crippen MR) is 197 cm³/mol. The van der Waals surface area contributed by atoms with Crippen molar-refractivity contribution >= 4 is 23.0 Å². The lowest BCUT2D eigenvalue weighted by Gasteiger charge is -2.33. The zero-order valence-electron chi connectivity index (χ0n) is 30.4. The Balaban J connectivity index is 1.39. The molecule has 0 bridgehead atoms. The molecule has 13 heteroatoms. The second-order valence-corrected chi connectivity index (χ2v) is 13.7. The lowest BCUT2D eigenvalue weighted by atomic mass is 9.91. The van der Waals surface area contributed by atoms with Crippen molar-refractivity contribution < 1.29 is 24.9 Å². The monoisotopic (exact) mass is 702 g/mol. The fourth-order valence-corrected chi connectivity index (χ4v) is 6.82. The number of hydrogen-bond donors (Lipinski definition) is 5. The molecule has 0 saturated carbocycles. The van der Waals surface area contributed by atoms with Crippen molar-refractivity contribution in [1.82, 2.24) is 34.6 Å². The molecular weight excluding hydrogens is 648 g/mol. The summed E-state index contributed by atoms with van der Waals surface area (Å²) in [4.78, 5) is 31.6. The Hall–Kier alpha value is -4.14. The van der Waals surface area contributed by atoms with Gasteiger partial charge in [-0.05, 0) is 29.9 Å². The van der Waals surface area contributed by atoms with Crippen molar-refractivity contribution in [3.8, 4) is 0 Å². The van der Waals surface area contributed by atoms with Crippen LogP contribution in [-0.4, -0.2) is 115 Å². The highest BCUT2D eigenvalue weighted by molar-refractivity contribution is 5.83. The molecule has 2 aromatic carbocycles. The molecule has 0 spiro atoms. The molecule has 0 radical (unpaired) electrons. The number of aliphatic hydroxyl groups is 3. The van der Waals surface area contributed by atoms with Gasteiger partial charge in [0.05, 0.1) is 19.5 Å². The molecule has 5 N–H and O–H groups in total. The lowest BCUT2D eigenvalue weighted by Crippen LogP contribution is -2.45. The van der Waals surface area contributed by atoms with Crippen molar-refractivity contribution in [2.45, 2.75) is 83.6 Å². The summed E-state index contributed by atoms with van der Waals surface area (Å²) < 4.78 is 7.36. The standard InChI is InChI=1S/C38H54N8O5/c1-6-28(7-2)45(22-25(3)4)19-18-44(5)38(50)40-21-31-42-35(39-20-29(26-14-10-8-11-15-26)27-16-12-9-13-17-27)32-36(43-31)46(24-41-32)37-34(49)33(48)30(23-47)51-37/h8-17,24-25,28-30,33-34,37,47-49H,6-7,18-23H2,1-5H3,(H,40,50)(H,39,42,43)/t30-,33-,34-,37-/m1/s1. The van der Waals surface area contributed by atoms with Gasteiger partial charge in [0, 0.05) is 45.2 Å². The minimum Gasteiger partial charge on any atom is -0.394 e. The third kappa shape index (κ3) is 9.21. The number of amides is 2. The first-order valence-electron chi connectivity index (χ1n) is 18.1. The Morgan fingerprint density at radius 2 is 1.61 bits per heavy atom. The molecule has 1 aliphatic heterocycles. The predicted octanol–water partition coefficient (Wildman–Crippen LogP) is 3.97. The number of urea groups is 1. The molecule has 0 unspecified atom stereocenters. The molecule has 4 atom stereocenters. The molecule has 1 fully saturated rings. The number of benzene rings is 2. The number of anilines is 1. The third-order valence-corrected chi connectivity index (χ3v) is 9.66. The number of carbonyl (C=O) groups is 1. The van der Waals surface area contributed by atoms with Crippen LogP contribution in [0.3, 0.4) is 0 Å². The zero-order valence-corrected chi connectivity index (χ0v) is 30.4. The van der Waals surface area contributed by atoms with Crippen LogP contribution >= 0.6 is 0 Å². The molecule has 4 aromatic rings. The quantitative estimate of drug-likeness (QED) is 0.109. The van der Waals surface area contributed by atoms with E-state index in [2.05, 4.69) is 72.5 Å². The summed E-state index contributed by atoms with van der Waals surface area (Å²) >= 11 is 0. The summed E-state index contributed by atoms with van der Waals surface area (Å²) in [6.45, 7) is 11.2. The number of aromatic nitrogens is 4. The zero-order chi connectivity index (χ0) is 36.5. The third-order valence-electron chi connectivity index (χ3n) is 9.66. The van der Waals surface area contributed by atoms with Crippen LogP contribution in [0.4, 0.5) is 10.6 Å². The highest BCUT2D eigenvalue weighted by atomic mass is 16.6. The van der Waals surface area contributed by atoms with Gasteiger partial charge in [0.25, 0.3) is 0 Å². The van der Waals surface area contributed by atoms with E-state index in [1.807, 2.05) is 36.4 Å². The molecule has 1 saturated heterocycles. The number of fused-ring (bicyclic) bond motifs is 1. The van der Waals surface area contributed by atoms with E-state index >= 15 is 0 Å². The van der Waals surface area contributed by atoms with Gasteiger partial charge in [0.1, 0.15) is 18.3 Å². The van der Waals surface area contributed by atoms with Crippen LogP contribution in [0, 0.1) is 5.92 Å². The van der Waals surface area contributed by atoms with Crippen molar-refractivity contribution in [3.63, 3.8) is 0 Å². The number of aliphatic hydroxyl groups excluding tert-OH is 3. The van der Waals surface area contributed by atoms with Crippen LogP contribution in [-0.2, 0) is 11.3 Å². The normalized spacial score (nSPS) is 19.1. The first-order chi connectivity index (χ1) is 24.6. The number of likely N-dealkylation sites (N-methyl/N-ethyl adjacent to an activating group) is 1. The summed E-state index contributed by atoms with van der Waals surface area (Å²) in [5.74, 6) is 1.30. The first kappa shape index (κ1) is 38.1. The summed E-state index contributed by atoms with van der Waals surface area (Å²) in [6.07, 6.45) is -1.00. The SMILES string of the molecule is CCC(CC)N(CCN(C)C(=O)NCc1nc(NCC(c2ccccc2)c2ccccc2)c2ncn([C@@H]3O[C@H](CO)[C@@H](O)[C@H]3O)c2n1)CC(C)C. The second kappa shape index (κ2) is 17.9. The number of hydrogen-bond acceptors (Lipinski definition) is 10. The van der Waals surface area contributed by atoms with Crippen LogP contribution in [0.25, 0.3) is 11.2 Å². The molecule has 2 aromatic heterocycles. The number of ether oxygens (including phenoxy) is 1. The Labute approximate surface area is 300 Å². The molecule has 51 heavy (non-hydrogen) atoms. The Morgan fingerprint density at radius 1 is 0.961 bits per heavy atom. The van der Waals surface area contributed by atoms with Crippen LogP contribution in [0.1, 0.15) is 69.6 Å². The van der Waals surface area contributed by atoms with Gasteiger partial charge in [-0.25, -0.2) is 19.7 Å². The molecule has 5 rings (SSSR count). The number of nitrogens with zero attached hydrogens (tertiary/aromatic N) is 6. The summed E-state index contributed by atoms with van der Waals surface area (Å²) in [7, 11) is 1.79. The molecule has 13 nitrogen and oxygen atoms in total. The Morgan fingerprint density at radius 3 is 2.18 bits per heavy atom. The average Bonchev–Trinajstić information content (AvgIpc) is 3.69. The van der Waals surface area contributed by atoms with Crippen molar-refractivity contribution in [3.05, 3.63) is 83.9 Å². The highest BCUT2D eigenvalue weighted by Crippen LogP contribution is 2.33. The van der Waals surface area contributed by atoms with Gasteiger partial charge in [0.15, 0.2) is 29.0 Å². The molecule has 276 valence electrons. The van der Waals surface area contributed by atoms with E-state index < -0.39 is 31.1 Å². The molecule has 0 aliphatic carbocycles. The maximum atomic E-state index is 13.3. The van der Waals surface area contributed by atoms with E-state index in [0.29, 0.717) is 47.9 Å². The maximum absolute atomic E-state index is 13.3.